The second-order valence-corrected chi connectivity index (χ2v) is 7.29. The van der Waals surface area contributed by atoms with Crippen molar-refractivity contribution >= 4 is 33.0 Å². The van der Waals surface area contributed by atoms with Crippen molar-refractivity contribution in [3.63, 3.8) is 0 Å². The Morgan fingerprint density at radius 3 is 2.65 bits per heavy atom. The molecule has 23 heavy (non-hydrogen) atoms. The van der Waals surface area contributed by atoms with E-state index < -0.39 is 21.6 Å². The Bertz CT molecular complexity index is 887. The molecule has 6 nitrogen and oxygen atoms in total. The van der Waals surface area contributed by atoms with E-state index in [0.717, 1.165) is 4.90 Å². The molecule has 2 aromatic carbocycles. The highest BCUT2D eigenvalue weighted by atomic mass is 35.5. The van der Waals surface area contributed by atoms with Crippen LogP contribution in [0.4, 0.5) is 5.69 Å². The van der Waals surface area contributed by atoms with Gasteiger partial charge >= 0.3 is 0 Å². The first-order valence-corrected chi connectivity index (χ1v) is 8.58. The SMILES string of the molecule is COc1c(O)cc(C(=O)N2CS(=O)(=O)c3ccccc32)cc1Cl. The summed E-state index contributed by atoms with van der Waals surface area (Å²) in [4.78, 5) is 13.9. The second-order valence-electron chi connectivity index (χ2n) is 4.96. The lowest BCUT2D eigenvalue weighted by Gasteiger charge is -2.16. The number of ether oxygens (including phenoxy) is 1. The van der Waals surface area contributed by atoms with Gasteiger partial charge in [0.1, 0.15) is 5.88 Å². The third kappa shape index (κ3) is 2.51. The first kappa shape index (κ1) is 15.6. The molecule has 1 aliphatic heterocycles. The van der Waals surface area contributed by atoms with E-state index >= 15 is 0 Å². The number of halogens is 1. The number of benzene rings is 2. The Balaban J connectivity index is 2.06. The number of hydrogen-bond donors (Lipinski definition) is 1. The third-order valence-corrected chi connectivity index (χ3v) is 5.40. The molecular weight excluding hydrogens is 342 g/mol. The van der Waals surface area contributed by atoms with E-state index in [0.29, 0.717) is 5.69 Å². The number of anilines is 1. The van der Waals surface area contributed by atoms with Crippen LogP contribution in [0.3, 0.4) is 0 Å². The Morgan fingerprint density at radius 1 is 1.30 bits per heavy atom. The first-order valence-electron chi connectivity index (χ1n) is 6.55. The molecule has 0 atom stereocenters. The van der Waals surface area contributed by atoms with E-state index in [2.05, 4.69) is 0 Å². The van der Waals surface area contributed by atoms with Gasteiger partial charge in [-0.3, -0.25) is 9.69 Å². The number of rotatable bonds is 2. The fraction of sp³-hybridized carbons (Fsp3) is 0.133. The fourth-order valence-corrected chi connectivity index (χ4v) is 4.29. The van der Waals surface area contributed by atoms with Crippen molar-refractivity contribution in [1.29, 1.82) is 0 Å². The van der Waals surface area contributed by atoms with Crippen LogP contribution in [0.2, 0.25) is 5.02 Å². The van der Waals surface area contributed by atoms with Crippen LogP contribution >= 0.6 is 11.6 Å². The van der Waals surface area contributed by atoms with Gasteiger partial charge in [-0.2, -0.15) is 0 Å². The zero-order valence-electron chi connectivity index (χ0n) is 12.0. The number of carbonyl (C=O) groups excluding carboxylic acids is 1. The Morgan fingerprint density at radius 2 is 2.00 bits per heavy atom. The van der Waals surface area contributed by atoms with E-state index in [1.165, 1.54) is 25.3 Å². The summed E-state index contributed by atoms with van der Waals surface area (Å²) in [5.41, 5.74) is 0.379. The molecule has 0 aromatic heterocycles. The molecule has 8 heteroatoms. The Hall–Kier alpha value is -2.25. The average molecular weight is 354 g/mol. The summed E-state index contributed by atoms with van der Waals surface area (Å²) in [6, 6.07) is 8.79. The summed E-state index contributed by atoms with van der Waals surface area (Å²) < 4.78 is 29.2. The van der Waals surface area contributed by atoms with Crippen LogP contribution in [0.25, 0.3) is 0 Å². The quantitative estimate of drug-likeness (QED) is 0.896. The maximum atomic E-state index is 12.7. The molecule has 0 aliphatic carbocycles. The van der Waals surface area contributed by atoms with Crippen LogP contribution in [0.15, 0.2) is 41.3 Å². The molecular formula is C15H12ClNO5S. The van der Waals surface area contributed by atoms with Gasteiger partial charge in [0.05, 0.1) is 22.7 Å². The van der Waals surface area contributed by atoms with Crippen molar-refractivity contribution in [1.82, 2.24) is 0 Å². The smallest absolute Gasteiger partial charge is 0.259 e. The largest absolute Gasteiger partial charge is 0.504 e. The van der Waals surface area contributed by atoms with Crippen LogP contribution in [-0.4, -0.2) is 32.4 Å². The van der Waals surface area contributed by atoms with Crippen molar-refractivity contribution in [2.75, 3.05) is 17.9 Å². The molecule has 1 aliphatic rings. The van der Waals surface area contributed by atoms with Gasteiger partial charge in [-0.05, 0) is 24.3 Å². The van der Waals surface area contributed by atoms with Gasteiger partial charge in [-0.1, -0.05) is 23.7 Å². The first-order chi connectivity index (χ1) is 10.8. The van der Waals surface area contributed by atoms with E-state index in [4.69, 9.17) is 16.3 Å². The van der Waals surface area contributed by atoms with Crippen LogP contribution in [-0.2, 0) is 9.84 Å². The van der Waals surface area contributed by atoms with Gasteiger partial charge in [-0.25, -0.2) is 8.42 Å². The van der Waals surface area contributed by atoms with Crippen molar-refractivity contribution in [2.24, 2.45) is 0 Å². The standard InChI is InChI=1S/C15H12ClNO5S/c1-22-14-10(16)6-9(7-12(14)18)15(19)17-8-23(20,21)13-5-3-2-4-11(13)17/h2-7,18H,8H2,1H3. The van der Waals surface area contributed by atoms with Gasteiger partial charge in [0.25, 0.3) is 5.91 Å². The number of nitrogens with zero attached hydrogens (tertiary/aromatic N) is 1. The summed E-state index contributed by atoms with van der Waals surface area (Å²) in [7, 11) is -2.22. The molecule has 1 N–H and O–H groups in total. The molecule has 1 amide bonds. The molecule has 3 rings (SSSR count). The van der Waals surface area contributed by atoms with E-state index in [1.807, 2.05) is 0 Å². The van der Waals surface area contributed by atoms with Gasteiger partial charge in [0, 0.05) is 5.56 Å². The van der Waals surface area contributed by atoms with Gasteiger partial charge in [0.15, 0.2) is 21.3 Å². The lowest BCUT2D eigenvalue weighted by Crippen LogP contribution is -2.30. The van der Waals surface area contributed by atoms with Crippen molar-refractivity contribution < 1.29 is 23.1 Å². The van der Waals surface area contributed by atoms with Crippen molar-refractivity contribution in [3.8, 4) is 11.5 Å². The zero-order chi connectivity index (χ0) is 16.8. The summed E-state index contributed by atoms with van der Waals surface area (Å²) in [5, 5.41) is 9.92. The average Bonchev–Trinajstić information content (AvgIpc) is 2.78. The molecule has 0 saturated carbocycles. The monoisotopic (exact) mass is 353 g/mol. The van der Waals surface area contributed by atoms with Crippen LogP contribution in [0.5, 0.6) is 11.5 Å². The molecule has 120 valence electrons. The number of methoxy groups -OCH3 is 1. The number of aromatic hydroxyl groups is 1. The molecule has 0 fully saturated rings. The maximum absolute atomic E-state index is 12.7. The van der Waals surface area contributed by atoms with Gasteiger partial charge in [-0.15, -0.1) is 0 Å². The minimum absolute atomic E-state index is 0.0534. The van der Waals surface area contributed by atoms with E-state index in [1.54, 1.807) is 18.2 Å². The van der Waals surface area contributed by atoms with Crippen LogP contribution in [0.1, 0.15) is 10.4 Å². The highest BCUT2D eigenvalue weighted by Gasteiger charge is 2.36. The molecule has 0 unspecified atom stereocenters. The molecule has 0 radical (unpaired) electrons. The topological polar surface area (TPSA) is 83.9 Å². The number of phenolic OH excluding ortho intramolecular Hbond substituents is 1. The highest BCUT2D eigenvalue weighted by Crippen LogP contribution is 2.38. The lowest BCUT2D eigenvalue weighted by atomic mass is 10.1. The fourth-order valence-electron chi connectivity index (χ4n) is 2.48. The predicted octanol–water partition coefficient (Wildman–Crippen LogP) is 2.45. The lowest BCUT2D eigenvalue weighted by molar-refractivity contribution is 0.0991. The Labute approximate surface area is 137 Å². The normalized spacial score (nSPS) is 15.3. The van der Waals surface area contributed by atoms with Crippen LogP contribution in [0, 0.1) is 0 Å². The number of carbonyl (C=O) groups is 1. The second kappa shape index (κ2) is 5.43. The Kier molecular flexibility index (Phi) is 3.69. The van der Waals surface area contributed by atoms with Gasteiger partial charge in [0.2, 0.25) is 0 Å². The minimum atomic E-state index is -3.56. The molecule has 0 saturated heterocycles. The minimum Gasteiger partial charge on any atom is -0.504 e. The predicted molar refractivity (Wildman–Crippen MR) is 85.0 cm³/mol. The molecule has 0 bridgehead atoms. The third-order valence-electron chi connectivity index (χ3n) is 3.51. The molecule has 0 spiro atoms. The van der Waals surface area contributed by atoms with Crippen molar-refractivity contribution in [3.05, 3.63) is 47.0 Å². The number of phenols is 1. The summed E-state index contributed by atoms with van der Waals surface area (Å²) in [6.07, 6.45) is 0. The summed E-state index contributed by atoms with van der Waals surface area (Å²) >= 11 is 5.97. The number of sulfone groups is 1. The van der Waals surface area contributed by atoms with E-state index in [-0.39, 0.29) is 27.0 Å². The van der Waals surface area contributed by atoms with Crippen LogP contribution < -0.4 is 9.64 Å². The van der Waals surface area contributed by atoms with Gasteiger partial charge < -0.3 is 9.84 Å². The number of amides is 1. The zero-order valence-corrected chi connectivity index (χ0v) is 13.6. The number of para-hydroxylation sites is 1. The molecule has 2 aromatic rings. The maximum Gasteiger partial charge on any atom is 0.259 e. The summed E-state index contributed by atoms with van der Waals surface area (Å²) in [6.45, 7) is 0. The number of hydrogen-bond acceptors (Lipinski definition) is 5. The molecule has 1 heterocycles. The van der Waals surface area contributed by atoms with Crippen molar-refractivity contribution in [2.45, 2.75) is 4.90 Å². The summed E-state index contributed by atoms with van der Waals surface area (Å²) in [5.74, 6) is -1.26. The number of fused-ring (bicyclic) bond motifs is 1. The van der Waals surface area contributed by atoms with E-state index in [9.17, 15) is 18.3 Å². The highest BCUT2D eigenvalue weighted by molar-refractivity contribution is 7.92.